The van der Waals surface area contributed by atoms with Crippen LogP contribution in [0, 0.1) is 6.92 Å². The molecule has 76 valence electrons. The molecule has 0 atom stereocenters. The van der Waals surface area contributed by atoms with Crippen LogP contribution in [-0.4, -0.2) is 15.1 Å². The number of aromatic nitrogens is 2. The predicted octanol–water partition coefficient (Wildman–Crippen LogP) is 1.93. The van der Waals surface area contributed by atoms with Crippen molar-refractivity contribution in [3.05, 3.63) is 23.3 Å². The molecule has 0 aromatic carbocycles. The van der Waals surface area contributed by atoms with Gasteiger partial charge >= 0.3 is 0 Å². The summed E-state index contributed by atoms with van der Waals surface area (Å²) < 4.78 is 0. The summed E-state index contributed by atoms with van der Waals surface area (Å²) in [5.41, 5.74) is 2.09. The Morgan fingerprint density at radius 2 is 2.07 bits per heavy atom. The van der Waals surface area contributed by atoms with E-state index in [-0.39, 0.29) is 6.61 Å². The van der Waals surface area contributed by atoms with Crippen LogP contribution in [0.5, 0.6) is 0 Å². The predicted molar refractivity (Wildman–Crippen MR) is 53.9 cm³/mol. The third-order valence-corrected chi connectivity index (χ3v) is 2.84. The Kier molecular flexibility index (Phi) is 2.77. The van der Waals surface area contributed by atoms with Gasteiger partial charge in [0.05, 0.1) is 0 Å². The molecule has 0 bridgehead atoms. The maximum absolute atomic E-state index is 9.00. The Hall–Kier alpha value is -0.960. The van der Waals surface area contributed by atoms with Gasteiger partial charge in [0.1, 0.15) is 6.61 Å². The Bertz CT molecular complexity index is 319. The summed E-state index contributed by atoms with van der Waals surface area (Å²) in [5, 5.41) is 9.00. The molecule has 1 fully saturated rings. The molecule has 1 saturated carbocycles. The minimum absolute atomic E-state index is 0.0542. The average molecular weight is 192 g/mol. The van der Waals surface area contributed by atoms with Crippen molar-refractivity contribution in [2.75, 3.05) is 0 Å². The van der Waals surface area contributed by atoms with Crippen molar-refractivity contribution in [1.29, 1.82) is 0 Å². The molecule has 1 N–H and O–H groups in total. The fraction of sp³-hybridized carbons (Fsp3) is 0.636. The summed E-state index contributed by atoms with van der Waals surface area (Å²) in [7, 11) is 0. The van der Waals surface area contributed by atoms with Crippen molar-refractivity contribution in [3.8, 4) is 0 Å². The second kappa shape index (κ2) is 4.05. The number of aliphatic hydroxyl groups is 1. The smallest absolute Gasteiger partial charge is 0.154 e. The van der Waals surface area contributed by atoms with Crippen LogP contribution in [0.2, 0.25) is 0 Å². The van der Waals surface area contributed by atoms with Gasteiger partial charge in [0, 0.05) is 17.3 Å². The summed E-state index contributed by atoms with van der Waals surface area (Å²) in [6.07, 6.45) is 5.09. The van der Waals surface area contributed by atoms with Gasteiger partial charge in [0.25, 0.3) is 0 Å². The first-order valence-electron chi connectivity index (χ1n) is 5.25. The second-order valence-corrected chi connectivity index (χ2v) is 3.99. The third-order valence-electron chi connectivity index (χ3n) is 2.84. The molecular formula is C11H16N2O. The number of hydrogen-bond acceptors (Lipinski definition) is 3. The van der Waals surface area contributed by atoms with Crippen LogP contribution in [0.4, 0.5) is 0 Å². The largest absolute Gasteiger partial charge is 0.388 e. The SMILES string of the molecule is Cc1cc(C2CCCC2)nc(CO)n1. The van der Waals surface area contributed by atoms with Crippen LogP contribution in [-0.2, 0) is 6.61 Å². The molecule has 0 radical (unpaired) electrons. The van der Waals surface area contributed by atoms with Gasteiger partial charge in [-0.15, -0.1) is 0 Å². The molecule has 0 saturated heterocycles. The maximum Gasteiger partial charge on any atom is 0.154 e. The topological polar surface area (TPSA) is 46.0 Å². The highest BCUT2D eigenvalue weighted by Gasteiger charge is 2.19. The van der Waals surface area contributed by atoms with Crippen LogP contribution >= 0.6 is 0 Å². The summed E-state index contributed by atoms with van der Waals surface area (Å²) in [6, 6.07) is 2.05. The molecule has 0 unspecified atom stereocenters. The van der Waals surface area contributed by atoms with Crippen LogP contribution < -0.4 is 0 Å². The van der Waals surface area contributed by atoms with E-state index in [2.05, 4.69) is 16.0 Å². The summed E-state index contributed by atoms with van der Waals surface area (Å²) in [5.74, 6) is 1.16. The zero-order valence-corrected chi connectivity index (χ0v) is 8.53. The molecule has 0 amide bonds. The molecule has 1 aromatic rings. The first-order chi connectivity index (χ1) is 6.79. The minimum Gasteiger partial charge on any atom is -0.388 e. The van der Waals surface area contributed by atoms with Crippen molar-refractivity contribution < 1.29 is 5.11 Å². The lowest BCUT2D eigenvalue weighted by Gasteiger charge is -2.09. The van der Waals surface area contributed by atoms with Gasteiger partial charge in [-0.1, -0.05) is 12.8 Å². The summed E-state index contributed by atoms with van der Waals surface area (Å²) in [6.45, 7) is 1.90. The molecule has 0 aliphatic heterocycles. The van der Waals surface area contributed by atoms with Crippen molar-refractivity contribution in [2.24, 2.45) is 0 Å². The van der Waals surface area contributed by atoms with Crippen molar-refractivity contribution >= 4 is 0 Å². The molecular weight excluding hydrogens is 176 g/mol. The normalized spacial score (nSPS) is 17.6. The Morgan fingerprint density at radius 1 is 1.36 bits per heavy atom. The van der Waals surface area contributed by atoms with E-state index in [1.807, 2.05) is 6.92 Å². The van der Waals surface area contributed by atoms with E-state index in [1.165, 1.54) is 25.7 Å². The number of rotatable bonds is 2. The highest BCUT2D eigenvalue weighted by Crippen LogP contribution is 2.33. The van der Waals surface area contributed by atoms with E-state index in [0.29, 0.717) is 11.7 Å². The van der Waals surface area contributed by atoms with Gasteiger partial charge in [-0.05, 0) is 25.8 Å². The molecule has 1 aliphatic rings. The lowest BCUT2D eigenvalue weighted by atomic mass is 10.0. The zero-order chi connectivity index (χ0) is 9.97. The van der Waals surface area contributed by atoms with Gasteiger partial charge in [0.15, 0.2) is 5.82 Å². The van der Waals surface area contributed by atoms with Crippen LogP contribution in [0.15, 0.2) is 6.07 Å². The molecule has 14 heavy (non-hydrogen) atoms. The number of hydrogen-bond donors (Lipinski definition) is 1. The summed E-state index contributed by atoms with van der Waals surface area (Å²) in [4.78, 5) is 8.54. The number of aryl methyl sites for hydroxylation is 1. The maximum atomic E-state index is 9.00. The third kappa shape index (κ3) is 1.93. The van der Waals surface area contributed by atoms with E-state index in [0.717, 1.165) is 11.4 Å². The van der Waals surface area contributed by atoms with E-state index >= 15 is 0 Å². The van der Waals surface area contributed by atoms with Gasteiger partial charge < -0.3 is 5.11 Å². The van der Waals surface area contributed by atoms with E-state index in [4.69, 9.17) is 5.11 Å². The molecule has 1 aromatic heterocycles. The van der Waals surface area contributed by atoms with Crippen molar-refractivity contribution in [3.63, 3.8) is 0 Å². The van der Waals surface area contributed by atoms with Crippen LogP contribution in [0.1, 0.15) is 48.8 Å². The van der Waals surface area contributed by atoms with Gasteiger partial charge in [-0.2, -0.15) is 0 Å². The quantitative estimate of drug-likeness (QED) is 0.778. The monoisotopic (exact) mass is 192 g/mol. The first-order valence-corrected chi connectivity index (χ1v) is 5.25. The number of aliphatic hydroxyl groups excluding tert-OH is 1. The van der Waals surface area contributed by atoms with E-state index in [1.54, 1.807) is 0 Å². The van der Waals surface area contributed by atoms with Gasteiger partial charge in [-0.25, -0.2) is 9.97 Å². The van der Waals surface area contributed by atoms with E-state index < -0.39 is 0 Å². The van der Waals surface area contributed by atoms with Crippen molar-refractivity contribution in [1.82, 2.24) is 9.97 Å². The molecule has 3 nitrogen and oxygen atoms in total. The molecule has 0 spiro atoms. The molecule has 1 heterocycles. The lowest BCUT2D eigenvalue weighted by Crippen LogP contribution is -2.04. The second-order valence-electron chi connectivity index (χ2n) is 3.99. The summed E-state index contributed by atoms with van der Waals surface area (Å²) >= 11 is 0. The standard InChI is InChI=1S/C11H16N2O/c1-8-6-10(9-4-2-3-5-9)13-11(7-14)12-8/h6,9,14H,2-5,7H2,1H3. The lowest BCUT2D eigenvalue weighted by molar-refractivity contribution is 0.270. The molecule has 2 rings (SSSR count). The highest BCUT2D eigenvalue weighted by molar-refractivity contribution is 5.15. The number of nitrogens with zero attached hydrogens (tertiary/aromatic N) is 2. The Morgan fingerprint density at radius 3 is 2.71 bits per heavy atom. The van der Waals surface area contributed by atoms with Crippen molar-refractivity contribution in [2.45, 2.75) is 45.1 Å². The average Bonchev–Trinajstić information content (AvgIpc) is 2.69. The van der Waals surface area contributed by atoms with Gasteiger partial charge in [-0.3, -0.25) is 0 Å². The highest BCUT2D eigenvalue weighted by atomic mass is 16.3. The fourth-order valence-corrected chi connectivity index (χ4v) is 2.16. The first kappa shape index (κ1) is 9.59. The van der Waals surface area contributed by atoms with Gasteiger partial charge in [0.2, 0.25) is 0 Å². The Balaban J connectivity index is 2.27. The molecule has 3 heteroatoms. The van der Waals surface area contributed by atoms with Crippen LogP contribution in [0.25, 0.3) is 0 Å². The van der Waals surface area contributed by atoms with E-state index in [9.17, 15) is 0 Å². The Labute approximate surface area is 84.2 Å². The van der Waals surface area contributed by atoms with Crippen LogP contribution in [0.3, 0.4) is 0 Å². The zero-order valence-electron chi connectivity index (χ0n) is 8.53. The fourth-order valence-electron chi connectivity index (χ4n) is 2.16. The molecule has 1 aliphatic carbocycles. The minimum atomic E-state index is -0.0542.